The van der Waals surface area contributed by atoms with E-state index >= 15 is 0 Å². The van der Waals surface area contributed by atoms with Gasteiger partial charge in [-0.1, -0.05) is 24.3 Å². The Morgan fingerprint density at radius 2 is 1.74 bits per heavy atom. The van der Waals surface area contributed by atoms with Crippen molar-refractivity contribution < 1.29 is 9.59 Å². The maximum absolute atomic E-state index is 13.1. The van der Waals surface area contributed by atoms with Crippen LogP contribution in [0, 0.1) is 0 Å². The van der Waals surface area contributed by atoms with Crippen molar-refractivity contribution in [2.75, 3.05) is 36.1 Å². The van der Waals surface area contributed by atoms with Gasteiger partial charge in [0.25, 0.3) is 5.91 Å². The van der Waals surface area contributed by atoms with E-state index in [4.69, 9.17) is 0 Å². The molecule has 2 aliphatic rings. The van der Waals surface area contributed by atoms with E-state index in [2.05, 4.69) is 33.4 Å². The summed E-state index contributed by atoms with van der Waals surface area (Å²) in [6.45, 7) is 2.50. The molecule has 1 atom stereocenters. The molecule has 3 aromatic rings. The zero-order valence-corrected chi connectivity index (χ0v) is 19.9. The molecular formula is C28H31N5O2. The molecule has 0 aromatic heterocycles. The Balaban J connectivity index is 1.29. The number of anilines is 3. The molecule has 1 saturated heterocycles. The van der Waals surface area contributed by atoms with Crippen LogP contribution in [0.3, 0.4) is 0 Å². The zero-order chi connectivity index (χ0) is 24.2. The third-order valence-electron chi connectivity index (χ3n) is 6.80. The number of nitrogens with zero attached hydrogens (tertiary/aromatic N) is 1. The van der Waals surface area contributed by atoms with E-state index in [0.29, 0.717) is 12.1 Å². The van der Waals surface area contributed by atoms with E-state index in [1.165, 1.54) is 11.1 Å². The molecule has 5 rings (SSSR count). The van der Waals surface area contributed by atoms with Crippen LogP contribution >= 0.6 is 0 Å². The molecule has 1 fully saturated rings. The fourth-order valence-electron chi connectivity index (χ4n) is 4.95. The highest BCUT2D eigenvalue weighted by Crippen LogP contribution is 2.33. The highest BCUT2D eigenvalue weighted by molar-refractivity contribution is 6.04. The predicted octanol–water partition coefficient (Wildman–Crippen LogP) is 5.00. The molecule has 4 N–H and O–H groups in total. The van der Waals surface area contributed by atoms with Crippen LogP contribution in [0.5, 0.6) is 0 Å². The van der Waals surface area contributed by atoms with Crippen LogP contribution in [-0.4, -0.2) is 37.0 Å². The summed E-state index contributed by atoms with van der Waals surface area (Å²) in [5, 5.41) is 12.5. The summed E-state index contributed by atoms with van der Waals surface area (Å²) < 4.78 is 0. The van der Waals surface area contributed by atoms with Gasteiger partial charge in [-0.2, -0.15) is 0 Å². The van der Waals surface area contributed by atoms with Crippen LogP contribution in [0.15, 0.2) is 66.7 Å². The topological polar surface area (TPSA) is 85.5 Å². The number of carbonyl (C=O) groups is 2. The molecule has 2 aliphatic heterocycles. The summed E-state index contributed by atoms with van der Waals surface area (Å²) in [7, 11) is 1.85. The van der Waals surface area contributed by atoms with Crippen molar-refractivity contribution in [1.29, 1.82) is 0 Å². The molecule has 2 heterocycles. The van der Waals surface area contributed by atoms with Crippen LogP contribution in [0.1, 0.15) is 45.9 Å². The van der Waals surface area contributed by atoms with Crippen LogP contribution < -0.4 is 21.3 Å². The Kier molecular flexibility index (Phi) is 6.68. The molecule has 180 valence electrons. The molecule has 3 aromatic carbocycles. The van der Waals surface area contributed by atoms with Crippen molar-refractivity contribution in [1.82, 2.24) is 10.2 Å². The van der Waals surface area contributed by atoms with E-state index in [1.807, 2.05) is 66.5 Å². The molecule has 0 saturated carbocycles. The normalized spacial score (nSPS) is 16.9. The molecule has 7 nitrogen and oxygen atoms in total. The van der Waals surface area contributed by atoms with Gasteiger partial charge >= 0.3 is 6.03 Å². The fourth-order valence-corrected chi connectivity index (χ4v) is 4.95. The molecular weight excluding hydrogens is 438 g/mol. The first kappa shape index (κ1) is 22.9. The second kappa shape index (κ2) is 10.2. The van der Waals surface area contributed by atoms with Crippen LogP contribution in [0.2, 0.25) is 0 Å². The molecule has 0 bridgehead atoms. The summed E-state index contributed by atoms with van der Waals surface area (Å²) in [6, 6.07) is 21.2. The Hall–Kier alpha value is -3.84. The van der Waals surface area contributed by atoms with Gasteiger partial charge < -0.3 is 26.2 Å². The third-order valence-corrected chi connectivity index (χ3v) is 6.80. The monoisotopic (exact) mass is 469 g/mol. The van der Waals surface area contributed by atoms with E-state index in [9.17, 15) is 9.59 Å². The lowest BCUT2D eigenvalue weighted by Gasteiger charge is -2.26. The Bertz CT molecular complexity index is 1240. The van der Waals surface area contributed by atoms with Crippen molar-refractivity contribution in [3.63, 3.8) is 0 Å². The van der Waals surface area contributed by atoms with Gasteiger partial charge in [0.1, 0.15) is 0 Å². The number of rotatable bonds is 5. The zero-order valence-electron chi connectivity index (χ0n) is 19.9. The first-order chi connectivity index (χ1) is 17.1. The lowest BCUT2D eigenvalue weighted by Crippen LogP contribution is -2.34. The maximum atomic E-state index is 13.1. The molecule has 0 radical (unpaired) electrons. The predicted molar refractivity (Wildman–Crippen MR) is 140 cm³/mol. The number of nitrogens with one attached hydrogen (secondary N) is 4. The quantitative estimate of drug-likeness (QED) is 0.424. The number of carbonyl (C=O) groups excluding carboxylic acids is 2. The molecule has 3 amide bonds. The fraction of sp³-hybridized carbons (Fsp3) is 0.286. The average Bonchev–Trinajstić information content (AvgIpc) is 3.39. The van der Waals surface area contributed by atoms with E-state index in [1.54, 1.807) is 0 Å². The standard InChI is InChI=1S/C28H31N5O2/c1-29-23-7-3-8-24(17-23)32-28(35)33-14-4-9-26(33)20-5-2-6-21(15-20)27(34)31-25-11-10-19-12-13-30-18-22(19)16-25/h2-3,5-8,10-11,15-17,26,29-30H,4,9,12-14,18H2,1H3,(H,31,34)(H,32,35)/t26-/m1/s1. The Morgan fingerprint density at radius 3 is 2.63 bits per heavy atom. The lowest BCUT2D eigenvalue weighted by molar-refractivity contribution is 0.102. The van der Waals surface area contributed by atoms with Gasteiger partial charge in [-0.05, 0) is 85.0 Å². The molecule has 0 unspecified atom stereocenters. The number of amides is 3. The second-order valence-electron chi connectivity index (χ2n) is 9.10. The number of hydrogen-bond acceptors (Lipinski definition) is 4. The van der Waals surface area contributed by atoms with Gasteiger partial charge in [-0.3, -0.25) is 4.79 Å². The van der Waals surface area contributed by atoms with E-state index in [-0.39, 0.29) is 18.0 Å². The third kappa shape index (κ3) is 5.15. The Morgan fingerprint density at radius 1 is 0.914 bits per heavy atom. The summed E-state index contributed by atoms with van der Waals surface area (Å²) >= 11 is 0. The van der Waals surface area contributed by atoms with Gasteiger partial charge in [0.2, 0.25) is 0 Å². The number of fused-ring (bicyclic) bond motifs is 1. The van der Waals surface area contributed by atoms with E-state index in [0.717, 1.165) is 55.0 Å². The van der Waals surface area contributed by atoms with Gasteiger partial charge in [-0.25, -0.2) is 4.79 Å². The highest BCUT2D eigenvalue weighted by Gasteiger charge is 2.30. The van der Waals surface area contributed by atoms with Crippen LogP contribution in [-0.2, 0) is 13.0 Å². The maximum Gasteiger partial charge on any atom is 0.322 e. The smallest absolute Gasteiger partial charge is 0.322 e. The largest absolute Gasteiger partial charge is 0.388 e. The van der Waals surface area contributed by atoms with Crippen molar-refractivity contribution >= 4 is 29.0 Å². The Labute approximate surface area is 205 Å². The summed E-state index contributed by atoms with van der Waals surface area (Å²) in [5.41, 5.74) is 6.62. The van der Waals surface area contributed by atoms with Crippen molar-refractivity contribution in [2.45, 2.75) is 31.8 Å². The van der Waals surface area contributed by atoms with E-state index < -0.39 is 0 Å². The van der Waals surface area contributed by atoms with Crippen LogP contribution in [0.25, 0.3) is 0 Å². The van der Waals surface area contributed by atoms with Gasteiger partial charge in [0.05, 0.1) is 6.04 Å². The second-order valence-corrected chi connectivity index (χ2v) is 9.10. The molecule has 0 aliphatic carbocycles. The first-order valence-corrected chi connectivity index (χ1v) is 12.2. The molecule has 35 heavy (non-hydrogen) atoms. The van der Waals surface area contributed by atoms with Crippen molar-refractivity contribution in [2.24, 2.45) is 0 Å². The minimum atomic E-state index is -0.145. The molecule has 7 heteroatoms. The van der Waals surface area contributed by atoms with Gasteiger partial charge in [-0.15, -0.1) is 0 Å². The summed E-state index contributed by atoms with van der Waals surface area (Å²) in [6.07, 6.45) is 2.80. The minimum absolute atomic E-state index is 0.0648. The molecule has 0 spiro atoms. The summed E-state index contributed by atoms with van der Waals surface area (Å²) in [5.74, 6) is -0.145. The first-order valence-electron chi connectivity index (χ1n) is 12.2. The van der Waals surface area contributed by atoms with Gasteiger partial charge in [0.15, 0.2) is 0 Å². The minimum Gasteiger partial charge on any atom is -0.388 e. The summed E-state index contributed by atoms with van der Waals surface area (Å²) in [4.78, 5) is 28.0. The van der Waals surface area contributed by atoms with Gasteiger partial charge in [0, 0.05) is 42.8 Å². The van der Waals surface area contributed by atoms with Crippen molar-refractivity contribution in [3.8, 4) is 0 Å². The number of hydrogen-bond donors (Lipinski definition) is 4. The average molecular weight is 470 g/mol. The number of likely N-dealkylation sites (tertiary alicyclic amines) is 1. The van der Waals surface area contributed by atoms with Crippen molar-refractivity contribution in [3.05, 3.63) is 89.0 Å². The SMILES string of the molecule is CNc1cccc(NC(=O)N2CCC[C@@H]2c2cccc(C(=O)Nc3ccc4c(c3)CNCC4)c2)c1. The van der Waals surface area contributed by atoms with Crippen LogP contribution in [0.4, 0.5) is 21.9 Å². The lowest BCUT2D eigenvalue weighted by atomic mass is 10.00. The number of benzene rings is 3. The highest BCUT2D eigenvalue weighted by atomic mass is 16.2. The number of urea groups is 1.